The van der Waals surface area contributed by atoms with Crippen LogP contribution in [-0.4, -0.2) is 23.5 Å². The predicted molar refractivity (Wildman–Crippen MR) is 65.9 cm³/mol. The lowest BCUT2D eigenvalue weighted by Gasteiger charge is -2.06. The standard InChI is InChI=1S/C13H14N2O4/c1-9-3-4-13(12(6-16)14-9)18-7-10-5-11(8-17-2)19-15-10/h3-6H,7-8H2,1-2H3. The number of hydrogen-bond acceptors (Lipinski definition) is 6. The number of nitrogens with zero attached hydrogens (tertiary/aromatic N) is 2. The summed E-state index contributed by atoms with van der Waals surface area (Å²) < 4.78 is 15.5. The normalized spacial score (nSPS) is 10.4. The molecule has 0 unspecified atom stereocenters. The SMILES string of the molecule is COCc1cc(COc2ccc(C)nc2C=O)no1. The quantitative estimate of drug-likeness (QED) is 0.740. The number of carbonyl (C=O) groups is 1. The minimum absolute atomic E-state index is 0.207. The molecule has 2 rings (SSSR count). The van der Waals surface area contributed by atoms with E-state index in [1.807, 2.05) is 6.92 Å². The minimum atomic E-state index is 0.207. The Morgan fingerprint density at radius 1 is 1.37 bits per heavy atom. The molecule has 6 nitrogen and oxygen atoms in total. The molecule has 0 aliphatic heterocycles. The van der Waals surface area contributed by atoms with Crippen molar-refractivity contribution in [1.82, 2.24) is 10.1 Å². The predicted octanol–water partition coefficient (Wildman–Crippen LogP) is 1.92. The van der Waals surface area contributed by atoms with Gasteiger partial charge < -0.3 is 14.0 Å². The number of hydrogen-bond donors (Lipinski definition) is 0. The van der Waals surface area contributed by atoms with Crippen molar-refractivity contribution in [1.29, 1.82) is 0 Å². The number of pyridine rings is 1. The van der Waals surface area contributed by atoms with Crippen molar-refractivity contribution in [3.8, 4) is 5.75 Å². The van der Waals surface area contributed by atoms with Gasteiger partial charge >= 0.3 is 0 Å². The van der Waals surface area contributed by atoms with Crippen LogP contribution >= 0.6 is 0 Å². The monoisotopic (exact) mass is 262 g/mol. The van der Waals surface area contributed by atoms with Crippen molar-refractivity contribution in [2.24, 2.45) is 0 Å². The summed E-state index contributed by atoms with van der Waals surface area (Å²) in [5, 5.41) is 3.83. The van der Waals surface area contributed by atoms with E-state index in [0.717, 1.165) is 5.69 Å². The zero-order chi connectivity index (χ0) is 13.7. The number of aromatic nitrogens is 2. The second kappa shape index (κ2) is 6.10. The number of rotatable bonds is 6. The van der Waals surface area contributed by atoms with Crippen LogP contribution in [0.25, 0.3) is 0 Å². The Labute approximate surface area is 110 Å². The Kier molecular flexibility index (Phi) is 4.25. The molecule has 0 amide bonds. The Hall–Kier alpha value is -2.21. The van der Waals surface area contributed by atoms with E-state index in [9.17, 15) is 4.79 Å². The van der Waals surface area contributed by atoms with E-state index in [4.69, 9.17) is 14.0 Å². The highest BCUT2D eigenvalue weighted by Gasteiger charge is 2.08. The summed E-state index contributed by atoms with van der Waals surface area (Å²) in [6.45, 7) is 2.38. The van der Waals surface area contributed by atoms with Gasteiger partial charge in [0, 0.05) is 18.9 Å². The molecule has 100 valence electrons. The van der Waals surface area contributed by atoms with E-state index in [1.54, 1.807) is 25.3 Å². The van der Waals surface area contributed by atoms with Gasteiger partial charge in [-0.1, -0.05) is 5.16 Å². The van der Waals surface area contributed by atoms with E-state index in [-0.39, 0.29) is 12.3 Å². The smallest absolute Gasteiger partial charge is 0.172 e. The maximum absolute atomic E-state index is 10.9. The van der Waals surface area contributed by atoms with Crippen LogP contribution in [0.4, 0.5) is 0 Å². The first-order valence-electron chi connectivity index (χ1n) is 5.72. The summed E-state index contributed by atoms with van der Waals surface area (Å²) in [5.74, 6) is 1.05. The van der Waals surface area contributed by atoms with Gasteiger partial charge in [-0.2, -0.15) is 0 Å². The fourth-order valence-corrected chi connectivity index (χ4v) is 1.56. The zero-order valence-electron chi connectivity index (χ0n) is 10.8. The Balaban J connectivity index is 2.03. The minimum Gasteiger partial charge on any atom is -0.485 e. The third-order valence-electron chi connectivity index (χ3n) is 2.41. The summed E-state index contributed by atoms with van der Waals surface area (Å²) in [6, 6.07) is 5.23. The summed E-state index contributed by atoms with van der Waals surface area (Å²) in [5.41, 5.74) is 1.67. The van der Waals surface area contributed by atoms with Crippen molar-refractivity contribution in [3.05, 3.63) is 41.0 Å². The molecule has 0 radical (unpaired) electrons. The lowest BCUT2D eigenvalue weighted by molar-refractivity contribution is 0.111. The van der Waals surface area contributed by atoms with Crippen LogP contribution in [-0.2, 0) is 18.0 Å². The Bertz CT molecular complexity index is 566. The lowest BCUT2D eigenvalue weighted by atomic mass is 10.3. The highest BCUT2D eigenvalue weighted by molar-refractivity contribution is 5.76. The average Bonchev–Trinajstić information content (AvgIpc) is 2.85. The third kappa shape index (κ3) is 3.38. The molecule has 0 aliphatic rings. The molecule has 0 fully saturated rings. The molecule has 2 heterocycles. The van der Waals surface area contributed by atoms with E-state index in [0.29, 0.717) is 30.1 Å². The highest BCUT2D eigenvalue weighted by atomic mass is 16.5. The van der Waals surface area contributed by atoms with E-state index < -0.39 is 0 Å². The fraction of sp³-hybridized carbons (Fsp3) is 0.308. The van der Waals surface area contributed by atoms with Crippen molar-refractivity contribution >= 4 is 6.29 Å². The lowest BCUT2D eigenvalue weighted by Crippen LogP contribution is -2.01. The molecule has 0 N–H and O–H groups in total. The van der Waals surface area contributed by atoms with Gasteiger partial charge in [0.2, 0.25) is 0 Å². The van der Waals surface area contributed by atoms with Gasteiger partial charge in [0.25, 0.3) is 0 Å². The number of aldehydes is 1. The number of aryl methyl sites for hydroxylation is 1. The van der Waals surface area contributed by atoms with Crippen molar-refractivity contribution in [2.45, 2.75) is 20.1 Å². The molecule has 0 saturated carbocycles. The molecule has 0 aliphatic carbocycles. The summed E-state index contributed by atoms with van der Waals surface area (Å²) >= 11 is 0. The molecule has 19 heavy (non-hydrogen) atoms. The van der Waals surface area contributed by atoms with Gasteiger partial charge in [0.05, 0.1) is 0 Å². The van der Waals surface area contributed by atoms with Crippen molar-refractivity contribution in [2.75, 3.05) is 7.11 Å². The molecule has 0 atom stereocenters. The average molecular weight is 262 g/mol. The first-order chi connectivity index (χ1) is 9.22. The highest BCUT2D eigenvalue weighted by Crippen LogP contribution is 2.17. The Morgan fingerprint density at radius 2 is 2.21 bits per heavy atom. The second-order valence-corrected chi connectivity index (χ2v) is 3.96. The van der Waals surface area contributed by atoms with E-state index >= 15 is 0 Å². The molecule has 0 aromatic carbocycles. The van der Waals surface area contributed by atoms with Crippen molar-refractivity contribution < 1.29 is 18.8 Å². The first kappa shape index (κ1) is 13.2. The summed E-state index contributed by atoms with van der Waals surface area (Å²) in [7, 11) is 1.58. The second-order valence-electron chi connectivity index (χ2n) is 3.96. The zero-order valence-corrected chi connectivity index (χ0v) is 10.8. The van der Waals surface area contributed by atoms with Crippen LogP contribution in [0.15, 0.2) is 22.7 Å². The van der Waals surface area contributed by atoms with Gasteiger partial charge in [0.1, 0.15) is 30.4 Å². The number of carbonyl (C=O) groups excluding carboxylic acids is 1. The summed E-state index contributed by atoms with van der Waals surface area (Å²) in [6.07, 6.45) is 0.668. The molecule has 6 heteroatoms. The van der Waals surface area contributed by atoms with Crippen LogP contribution in [0.3, 0.4) is 0 Å². The van der Waals surface area contributed by atoms with Crippen LogP contribution in [0.1, 0.15) is 27.6 Å². The summed E-state index contributed by atoms with van der Waals surface area (Å²) in [4.78, 5) is 15.0. The third-order valence-corrected chi connectivity index (χ3v) is 2.41. The molecular formula is C13H14N2O4. The van der Waals surface area contributed by atoms with Gasteiger partial charge in [-0.05, 0) is 19.1 Å². The Morgan fingerprint density at radius 3 is 2.95 bits per heavy atom. The first-order valence-corrected chi connectivity index (χ1v) is 5.72. The van der Waals surface area contributed by atoms with Crippen LogP contribution in [0, 0.1) is 6.92 Å². The fourth-order valence-electron chi connectivity index (χ4n) is 1.56. The van der Waals surface area contributed by atoms with E-state index in [1.165, 1.54) is 0 Å². The van der Waals surface area contributed by atoms with Gasteiger partial charge in [-0.3, -0.25) is 4.79 Å². The molecule has 2 aromatic rings. The molecule has 0 bridgehead atoms. The molecule has 2 aromatic heterocycles. The van der Waals surface area contributed by atoms with Crippen LogP contribution in [0.2, 0.25) is 0 Å². The topological polar surface area (TPSA) is 74.5 Å². The largest absolute Gasteiger partial charge is 0.485 e. The van der Waals surface area contributed by atoms with Crippen LogP contribution < -0.4 is 4.74 Å². The number of methoxy groups -OCH3 is 1. The maximum atomic E-state index is 10.9. The number of ether oxygens (including phenoxy) is 2. The van der Waals surface area contributed by atoms with Gasteiger partial charge in [-0.25, -0.2) is 4.98 Å². The van der Waals surface area contributed by atoms with Crippen molar-refractivity contribution in [3.63, 3.8) is 0 Å². The maximum Gasteiger partial charge on any atom is 0.172 e. The molecular weight excluding hydrogens is 248 g/mol. The van der Waals surface area contributed by atoms with Crippen LogP contribution in [0.5, 0.6) is 5.75 Å². The molecule has 0 saturated heterocycles. The van der Waals surface area contributed by atoms with Gasteiger partial charge in [-0.15, -0.1) is 0 Å². The molecule has 0 spiro atoms. The van der Waals surface area contributed by atoms with Gasteiger partial charge in [0.15, 0.2) is 12.0 Å². The van der Waals surface area contributed by atoms with E-state index in [2.05, 4.69) is 10.1 Å².